The molecule has 0 amide bonds. The summed E-state index contributed by atoms with van der Waals surface area (Å²) in [5.74, 6) is 0.975. The van der Waals surface area contributed by atoms with E-state index in [0.29, 0.717) is 0 Å². The molecule has 2 aliphatic heterocycles. The standard InChI is InChI=1S/C25H26N6O/c1-2-4-19(5-3-1)23-24(20-8-12-26-13-9-20)31-21(28-23)6-7-22(29-31)30-15-10-25(11-16-30)18-27-14-17-32-25/h1-9,12-13,27H,10-11,14-18H2. The molecule has 7 nitrogen and oxygen atoms in total. The molecule has 0 aliphatic carbocycles. The molecule has 1 aromatic carbocycles. The van der Waals surface area contributed by atoms with Crippen LogP contribution in [0.5, 0.6) is 0 Å². The lowest BCUT2D eigenvalue weighted by Gasteiger charge is -2.44. The molecule has 0 radical (unpaired) electrons. The van der Waals surface area contributed by atoms with Crippen LogP contribution in [-0.2, 0) is 4.74 Å². The Balaban J connectivity index is 1.39. The lowest BCUT2D eigenvalue weighted by molar-refractivity contribution is -0.0800. The largest absolute Gasteiger partial charge is 0.372 e. The molecule has 0 unspecified atom stereocenters. The smallest absolute Gasteiger partial charge is 0.155 e. The van der Waals surface area contributed by atoms with Crippen LogP contribution < -0.4 is 10.2 Å². The average Bonchev–Trinajstić information content (AvgIpc) is 3.25. The van der Waals surface area contributed by atoms with Gasteiger partial charge in [-0.15, -0.1) is 5.10 Å². The lowest BCUT2D eigenvalue weighted by Crippen LogP contribution is -2.55. The Morgan fingerprint density at radius 3 is 2.47 bits per heavy atom. The van der Waals surface area contributed by atoms with Crippen LogP contribution in [0.2, 0.25) is 0 Å². The van der Waals surface area contributed by atoms with Gasteiger partial charge < -0.3 is 15.0 Å². The van der Waals surface area contributed by atoms with Gasteiger partial charge in [-0.05, 0) is 37.1 Å². The maximum absolute atomic E-state index is 6.16. The highest BCUT2D eigenvalue weighted by molar-refractivity contribution is 5.81. The number of anilines is 1. The van der Waals surface area contributed by atoms with E-state index in [1.807, 2.05) is 47.2 Å². The van der Waals surface area contributed by atoms with Gasteiger partial charge in [0.05, 0.1) is 17.9 Å². The fraction of sp³-hybridized carbons (Fsp3) is 0.320. The third kappa shape index (κ3) is 3.43. The van der Waals surface area contributed by atoms with Crippen molar-refractivity contribution in [2.75, 3.05) is 37.7 Å². The van der Waals surface area contributed by atoms with E-state index in [9.17, 15) is 0 Å². The number of morpholine rings is 1. The molecule has 0 bridgehead atoms. The van der Waals surface area contributed by atoms with Crippen molar-refractivity contribution in [3.63, 3.8) is 0 Å². The highest BCUT2D eigenvalue weighted by atomic mass is 16.5. The average molecular weight is 427 g/mol. The SMILES string of the molecule is c1ccc(-c2nc3ccc(N4CCC5(CC4)CNCCO5)nn3c2-c2ccncc2)cc1. The molecule has 4 aromatic rings. The van der Waals surface area contributed by atoms with Gasteiger partial charge in [0, 0.05) is 49.7 Å². The van der Waals surface area contributed by atoms with Crippen LogP contribution >= 0.6 is 0 Å². The monoisotopic (exact) mass is 426 g/mol. The minimum absolute atomic E-state index is 0.0173. The number of imidazole rings is 1. The third-order valence-corrected chi connectivity index (χ3v) is 6.60. The van der Waals surface area contributed by atoms with Crippen LogP contribution in [0.3, 0.4) is 0 Å². The first kappa shape index (κ1) is 19.4. The molecule has 2 aliphatic rings. The van der Waals surface area contributed by atoms with Gasteiger partial charge in [-0.1, -0.05) is 30.3 Å². The van der Waals surface area contributed by atoms with Gasteiger partial charge in [-0.25, -0.2) is 9.50 Å². The first-order chi connectivity index (χ1) is 15.8. The predicted octanol–water partition coefficient (Wildman–Crippen LogP) is 3.42. The van der Waals surface area contributed by atoms with Crippen LogP contribution in [0, 0.1) is 0 Å². The zero-order valence-electron chi connectivity index (χ0n) is 17.9. The maximum Gasteiger partial charge on any atom is 0.155 e. The van der Waals surface area contributed by atoms with Gasteiger partial charge in [-0.3, -0.25) is 4.98 Å². The summed E-state index contributed by atoms with van der Waals surface area (Å²) >= 11 is 0. The van der Waals surface area contributed by atoms with Gasteiger partial charge in [0.1, 0.15) is 11.5 Å². The predicted molar refractivity (Wildman–Crippen MR) is 125 cm³/mol. The van der Waals surface area contributed by atoms with E-state index < -0.39 is 0 Å². The number of pyridine rings is 1. The fourth-order valence-corrected chi connectivity index (χ4v) is 4.83. The number of hydrogen-bond acceptors (Lipinski definition) is 6. The fourth-order valence-electron chi connectivity index (χ4n) is 4.83. The van der Waals surface area contributed by atoms with E-state index in [1.165, 1.54) is 0 Å². The Bertz CT molecular complexity index is 1210. The molecular weight excluding hydrogens is 400 g/mol. The molecular formula is C25H26N6O. The molecule has 162 valence electrons. The number of ether oxygens (including phenoxy) is 1. The minimum Gasteiger partial charge on any atom is -0.372 e. The Kier molecular flexibility index (Phi) is 4.85. The van der Waals surface area contributed by atoms with E-state index in [4.69, 9.17) is 14.8 Å². The Hall–Kier alpha value is -3.29. The van der Waals surface area contributed by atoms with E-state index in [-0.39, 0.29) is 5.60 Å². The van der Waals surface area contributed by atoms with Gasteiger partial charge in [0.2, 0.25) is 0 Å². The van der Waals surface area contributed by atoms with Crippen molar-refractivity contribution in [2.24, 2.45) is 0 Å². The molecule has 3 aromatic heterocycles. The second-order valence-corrected chi connectivity index (χ2v) is 8.57. The number of benzene rings is 1. The molecule has 6 rings (SSSR count). The highest BCUT2D eigenvalue weighted by Crippen LogP contribution is 2.34. The zero-order chi connectivity index (χ0) is 21.4. The Morgan fingerprint density at radius 1 is 0.906 bits per heavy atom. The normalized spacial score (nSPS) is 18.3. The number of fused-ring (bicyclic) bond motifs is 1. The second kappa shape index (κ2) is 8.00. The van der Waals surface area contributed by atoms with Crippen molar-refractivity contribution in [2.45, 2.75) is 18.4 Å². The molecule has 0 saturated carbocycles. The summed E-state index contributed by atoms with van der Waals surface area (Å²) in [5, 5.41) is 8.55. The summed E-state index contributed by atoms with van der Waals surface area (Å²) < 4.78 is 8.14. The van der Waals surface area contributed by atoms with Crippen molar-refractivity contribution in [3.8, 4) is 22.5 Å². The van der Waals surface area contributed by atoms with E-state index >= 15 is 0 Å². The number of nitrogens with zero attached hydrogens (tertiary/aromatic N) is 5. The zero-order valence-corrected chi connectivity index (χ0v) is 17.9. The van der Waals surface area contributed by atoms with Crippen molar-refractivity contribution in [3.05, 3.63) is 67.0 Å². The summed E-state index contributed by atoms with van der Waals surface area (Å²) in [6.45, 7) is 4.57. The molecule has 1 spiro atoms. The summed E-state index contributed by atoms with van der Waals surface area (Å²) in [7, 11) is 0. The van der Waals surface area contributed by atoms with Crippen LogP contribution in [0.25, 0.3) is 28.2 Å². The molecule has 1 N–H and O–H groups in total. The van der Waals surface area contributed by atoms with Gasteiger partial charge >= 0.3 is 0 Å². The van der Waals surface area contributed by atoms with Crippen molar-refractivity contribution in [1.29, 1.82) is 0 Å². The molecule has 7 heteroatoms. The topological polar surface area (TPSA) is 67.6 Å². The highest BCUT2D eigenvalue weighted by Gasteiger charge is 2.37. The summed E-state index contributed by atoms with van der Waals surface area (Å²) in [6, 6.07) is 18.5. The van der Waals surface area contributed by atoms with Gasteiger partial charge in [0.15, 0.2) is 5.65 Å². The number of piperidine rings is 1. The molecule has 32 heavy (non-hydrogen) atoms. The third-order valence-electron chi connectivity index (χ3n) is 6.60. The second-order valence-electron chi connectivity index (χ2n) is 8.57. The summed E-state index contributed by atoms with van der Waals surface area (Å²) in [5.41, 5.74) is 4.87. The maximum atomic E-state index is 6.16. The van der Waals surface area contributed by atoms with E-state index in [1.54, 1.807) is 0 Å². The first-order valence-corrected chi connectivity index (χ1v) is 11.3. The minimum atomic E-state index is -0.0173. The Morgan fingerprint density at radius 2 is 1.72 bits per heavy atom. The van der Waals surface area contributed by atoms with E-state index in [0.717, 1.165) is 79.6 Å². The van der Waals surface area contributed by atoms with Gasteiger partial charge in [-0.2, -0.15) is 0 Å². The van der Waals surface area contributed by atoms with Gasteiger partial charge in [0.25, 0.3) is 0 Å². The first-order valence-electron chi connectivity index (χ1n) is 11.3. The van der Waals surface area contributed by atoms with Crippen molar-refractivity contribution < 1.29 is 4.74 Å². The van der Waals surface area contributed by atoms with Crippen LogP contribution in [0.1, 0.15) is 12.8 Å². The summed E-state index contributed by atoms with van der Waals surface area (Å²) in [4.78, 5) is 11.5. The number of aromatic nitrogens is 4. The molecule has 0 atom stereocenters. The number of nitrogens with one attached hydrogen (secondary N) is 1. The van der Waals surface area contributed by atoms with Crippen molar-refractivity contribution >= 4 is 11.5 Å². The molecule has 2 fully saturated rings. The van der Waals surface area contributed by atoms with E-state index in [2.05, 4.69) is 39.5 Å². The van der Waals surface area contributed by atoms with Crippen molar-refractivity contribution in [1.82, 2.24) is 24.9 Å². The number of hydrogen-bond donors (Lipinski definition) is 1. The lowest BCUT2D eigenvalue weighted by atomic mass is 9.90. The molecule has 2 saturated heterocycles. The summed E-state index contributed by atoms with van der Waals surface area (Å²) in [6.07, 6.45) is 5.65. The van der Waals surface area contributed by atoms with Crippen LogP contribution in [0.15, 0.2) is 67.0 Å². The number of rotatable bonds is 3. The van der Waals surface area contributed by atoms with Crippen LogP contribution in [0.4, 0.5) is 5.82 Å². The van der Waals surface area contributed by atoms with Crippen LogP contribution in [-0.4, -0.2) is 58.0 Å². The Labute approximate surface area is 187 Å². The molecule has 5 heterocycles. The quantitative estimate of drug-likeness (QED) is 0.542.